The molecule has 1 aliphatic carbocycles. The fourth-order valence-corrected chi connectivity index (χ4v) is 2.78. The molecular formula is C15H10Cl3FN4. The van der Waals surface area contributed by atoms with Gasteiger partial charge in [-0.15, -0.1) is 5.10 Å². The van der Waals surface area contributed by atoms with E-state index in [9.17, 15) is 4.39 Å². The van der Waals surface area contributed by atoms with Gasteiger partial charge in [0.2, 0.25) is 0 Å². The monoisotopic (exact) mass is 370 g/mol. The van der Waals surface area contributed by atoms with Crippen molar-refractivity contribution in [1.29, 1.82) is 0 Å². The molecule has 1 aliphatic rings. The van der Waals surface area contributed by atoms with Crippen molar-refractivity contribution >= 4 is 34.8 Å². The van der Waals surface area contributed by atoms with Gasteiger partial charge in [0.15, 0.2) is 5.82 Å². The van der Waals surface area contributed by atoms with Gasteiger partial charge in [-0.25, -0.2) is 9.07 Å². The summed E-state index contributed by atoms with van der Waals surface area (Å²) in [6.45, 7) is 0.246. The van der Waals surface area contributed by atoms with Crippen LogP contribution in [-0.2, 0) is 6.54 Å². The first-order valence-corrected chi connectivity index (χ1v) is 7.80. The summed E-state index contributed by atoms with van der Waals surface area (Å²) in [5.41, 5.74) is 1.27. The third-order valence-electron chi connectivity index (χ3n) is 3.30. The van der Waals surface area contributed by atoms with Gasteiger partial charge in [0, 0.05) is 17.0 Å². The van der Waals surface area contributed by atoms with Crippen LogP contribution in [0.1, 0.15) is 6.42 Å². The summed E-state index contributed by atoms with van der Waals surface area (Å²) in [5.74, 6) is 0.161. The molecule has 1 heterocycles. The van der Waals surface area contributed by atoms with E-state index in [0.29, 0.717) is 32.0 Å². The zero-order chi connectivity index (χ0) is 16.4. The van der Waals surface area contributed by atoms with Gasteiger partial charge in [0.05, 0.1) is 16.6 Å². The Morgan fingerprint density at radius 3 is 2.87 bits per heavy atom. The summed E-state index contributed by atoms with van der Waals surface area (Å²) < 4.78 is 15.2. The lowest BCUT2D eigenvalue weighted by molar-refractivity contribution is 0.581. The van der Waals surface area contributed by atoms with Crippen molar-refractivity contribution in [2.24, 2.45) is 0 Å². The maximum atomic E-state index is 13.7. The Morgan fingerprint density at radius 2 is 2.04 bits per heavy atom. The number of benzene rings is 1. The molecule has 0 N–H and O–H groups in total. The second kappa shape index (κ2) is 6.83. The number of allylic oxidation sites excluding steroid dienone is 6. The topological polar surface area (TPSA) is 43.6 Å². The van der Waals surface area contributed by atoms with Crippen molar-refractivity contribution < 1.29 is 4.39 Å². The minimum Gasteiger partial charge on any atom is -0.221 e. The Labute approximate surface area is 146 Å². The van der Waals surface area contributed by atoms with E-state index in [1.54, 1.807) is 30.4 Å². The van der Waals surface area contributed by atoms with Crippen molar-refractivity contribution in [2.45, 2.75) is 13.0 Å². The first kappa shape index (κ1) is 16.2. The molecule has 0 radical (unpaired) electrons. The van der Waals surface area contributed by atoms with Crippen molar-refractivity contribution in [2.75, 3.05) is 0 Å². The molecule has 0 amide bonds. The van der Waals surface area contributed by atoms with Crippen molar-refractivity contribution in [3.8, 4) is 11.4 Å². The summed E-state index contributed by atoms with van der Waals surface area (Å²) >= 11 is 18.4. The highest BCUT2D eigenvalue weighted by Crippen LogP contribution is 2.33. The van der Waals surface area contributed by atoms with Gasteiger partial charge in [0.25, 0.3) is 0 Å². The average Bonchev–Trinajstić information content (AvgIpc) is 2.90. The highest BCUT2D eigenvalue weighted by Gasteiger charge is 2.17. The lowest BCUT2D eigenvalue weighted by Crippen LogP contribution is -2.07. The minimum absolute atomic E-state index is 0.106. The second-order valence-electron chi connectivity index (χ2n) is 4.86. The molecule has 1 aromatic carbocycles. The van der Waals surface area contributed by atoms with Gasteiger partial charge < -0.3 is 0 Å². The highest BCUT2D eigenvalue weighted by atomic mass is 35.5. The lowest BCUT2D eigenvalue weighted by Gasteiger charge is -2.10. The number of hydrogen-bond acceptors (Lipinski definition) is 3. The molecule has 0 bridgehead atoms. The fourth-order valence-electron chi connectivity index (χ4n) is 2.19. The molecule has 0 atom stereocenters. The molecule has 0 fully saturated rings. The zero-order valence-electron chi connectivity index (χ0n) is 11.7. The quantitative estimate of drug-likeness (QED) is 0.766. The van der Waals surface area contributed by atoms with Gasteiger partial charge in [-0.3, -0.25) is 0 Å². The molecule has 0 saturated carbocycles. The van der Waals surface area contributed by atoms with E-state index in [4.69, 9.17) is 34.8 Å². The summed E-state index contributed by atoms with van der Waals surface area (Å²) in [5, 5.41) is 12.8. The molecular weight excluding hydrogens is 362 g/mol. The highest BCUT2D eigenvalue weighted by molar-refractivity contribution is 6.43. The van der Waals surface area contributed by atoms with Gasteiger partial charge in [-0.05, 0) is 40.3 Å². The van der Waals surface area contributed by atoms with E-state index in [1.807, 2.05) is 0 Å². The summed E-state index contributed by atoms with van der Waals surface area (Å²) in [6.07, 6.45) is 4.69. The predicted molar refractivity (Wildman–Crippen MR) is 89.1 cm³/mol. The van der Waals surface area contributed by atoms with Crippen LogP contribution in [-0.4, -0.2) is 20.2 Å². The van der Waals surface area contributed by atoms with Gasteiger partial charge in [0.1, 0.15) is 5.83 Å². The van der Waals surface area contributed by atoms with Crippen LogP contribution in [0.3, 0.4) is 0 Å². The predicted octanol–water partition coefficient (Wildman–Crippen LogP) is 4.95. The van der Waals surface area contributed by atoms with E-state index in [1.165, 1.54) is 10.8 Å². The summed E-state index contributed by atoms with van der Waals surface area (Å²) in [4.78, 5) is 0. The van der Waals surface area contributed by atoms with Crippen LogP contribution >= 0.6 is 34.8 Å². The van der Waals surface area contributed by atoms with Gasteiger partial charge in [-0.1, -0.05) is 46.9 Å². The Balaban J connectivity index is 1.98. The zero-order valence-corrected chi connectivity index (χ0v) is 13.9. The van der Waals surface area contributed by atoms with Crippen LogP contribution in [0.2, 0.25) is 10.0 Å². The number of halogens is 4. The van der Waals surface area contributed by atoms with E-state index >= 15 is 0 Å². The van der Waals surface area contributed by atoms with Crippen LogP contribution in [0.4, 0.5) is 4.39 Å². The summed E-state index contributed by atoms with van der Waals surface area (Å²) in [7, 11) is 0. The van der Waals surface area contributed by atoms with Crippen molar-refractivity contribution in [3.05, 3.63) is 62.9 Å². The Morgan fingerprint density at radius 1 is 1.22 bits per heavy atom. The van der Waals surface area contributed by atoms with E-state index in [-0.39, 0.29) is 18.8 Å². The molecule has 2 aromatic rings. The lowest BCUT2D eigenvalue weighted by atomic mass is 10.1. The van der Waals surface area contributed by atoms with Crippen LogP contribution in [0.5, 0.6) is 0 Å². The van der Waals surface area contributed by atoms with Crippen LogP contribution in [0, 0.1) is 0 Å². The Kier molecular flexibility index (Phi) is 4.80. The molecule has 0 spiro atoms. The number of aromatic nitrogens is 4. The molecule has 0 saturated heterocycles. The third kappa shape index (κ3) is 3.47. The van der Waals surface area contributed by atoms with Crippen LogP contribution < -0.4 is 0 Å². The molecule has 1 aromatic heterocycles. The third-order valence-corrected chi connectivity index (χ3v) is 4.52. The maximum Gasteiger partial charge on any atom is 0.183 e. The SMILES string of the molecule is FC1=CC=CC(Cl)=C(Cn2nnnc2-c2cccc(Cl)c2Cl)C1. The van der Waals surface area contributed by atoms with E-state index in [0.717, 1.165) is 0 Å². The smallest absolute Gasteiger partial charge is 0.183 e. The molecule has 23 heavy (non-hydrogen) atoms. The van der Waals surface area contributed by atoms with Gasteiger partial charge in [-0.2, -0.15) is 0 Å². The molecule has 118 valence electrons. The fraction of sp³-hybridized carbons (Fsp3) is 0.133. The van der Waals surface area contributed by atoms with E-state index < -0.39 is 0 Å². The molecule has 8 heteroatoms. The normalized spacial score (nSPS) is 14.9. The molecule has 0 unspecified atom stereocenters. The van der Waals surface area contributed by atoms with Gasteiger partial charge >= 0.3 is 0 Å². The van der Waals surface area contributed by atoms with Crippen molar-refractivity contribution in [3.63, 3.8) is 0 Å². The Bertz CT molecular complexity index is 839. The molecule has 4 nitrogen and oxygen atoms in total. The number of rotatable bonds is 3. The van der Waals surface area contributed by atoms with Crippen LogP contribution in [0.25, 0.3) is 11.4 Å². The second-order valence-corrected chi connectivity index (χ2v) is 6.05. The first-order chi connectivity index (χ1) is 11.1. The summed E-state index contributed by atoms with van der Waals surface area (Å²) in [6, 6.07) is 5.20. The minimum atomic E-state index is -0.276. The number of tetrazole rings is 1. The average molecular weight is 372 g/mol. The first-order valence-electron chi connectivity index (χ1n) is 6.67. The largest absolute Gasteiger partial charge is 0.221 e. The van der Waals surface area contributed by atoms with E-state index in [2.05, 4.69) is 15.5 Å². The molecule has 3 rings (SSSR count). The number of nitrogens with zero attached hydrogens (tertiary/aromatic N) is 4. The van der Waals surface area contributed by atoms with Crippen molar-refractivity contribution in [1.82, 2.24) is 20.2 Å². The van der Waals surface area contributed by atoms with Crippen LogP contribution in [0.15, 0.2) is 52.9 Å². The molecule has 0 aliphatic heterocycles. The standard InChI is InChI=1S/C15H10Cl3FN4/c16-12-5-1-3-10(19)7-9(12)8-23-15(20-21-22-23)11-4-2-6-13(17)14(11)18/h1-6H,7-8H2. The Hall–Kier alpha value is -1.69. The maximum absolute atomic E-state index is 13.7. The number of hydrogen-bond donors (Lipinski definition) is 0.